The highest BCUT2D eigenvalue weighted by Crippen LogP contribution is 2.16. The smallest absolute Gasteiger partial charge is 0.128 e. The number of hydrogen-bond donors (Lipinski definition) is 0. The van der Waals surface area contributed by atoms with E-state index in [4.69, 9.17) is 4.74 Å². The van der Waals surface area contributed by atoms with Crippen LogP contribution >= 0.6 is 0 Å². The molecule has 0 spiro atoms. The number of rotatable bonds is 3. The largest absolute Gasteiger partial charge is 0.359 e. The lowest BCUT2D eigenvalue weighted by molar-refractivity contribution is -0.0448. The van der Waals surface area contributed by atoms with Crippen LogP contribution in [0, 0.1) is 0 Å². The topological polar surface area (TPSA) is 15.7 Å². The first-order valence-electron chi connectivity index (χ1n) is 4.46. The molecule has 2 unspecified atom stereocenters. The van der Waals surface area contributed by atoms with Crippen molar-refractivity contribution in [2.75, 3.05) is 13.7 Å². The van der Waals surface area contributed by atoms with Gasteiger partial charge in [-0.1, -0.05) is 0 Å². The molecule has 0 N–H and O–H groups in total. The van der Waals surface area contributed by atoms with Gasteiger partial charge in [0.05, 0.1) is 6.17 Å². The fourth-order valence-corrected chi connectivity index (χ4v) is 1.39. The molecule has 0 bridgehead atoms. The summed E-state index contributed by atoms with van der Waals surface area (Å²) in [6.45, 7) is 7.02. The van der Waals surface area contributed by atoms with Crippen molar-refractivity contribution in [3.63, 3.8) is 0 Å². The van der Waals surface area contributed by atoms with E-state index in [1.54, 1.807) is 0 Å². The second kappa shape index (κ2) is 3.81. The summed E-state index contributed by atoms with van der Waals surface area (Å²) in [5.74, 6) is 0. The van der Waals surface area contributed by atoms with Crippen molar-refractivity contribution in [2.45, 2.75) is 33.2 Å². The molecule has 12 heavy (non-hydrogen) atoms. The second-order valence-corrected chi connectivity index (χ2v) is 3.10. The summed E-state index contributed by atoms with van der Waals surface area (Å²) in [6.07, 6.45) is 4.73. The maximum Gasteiger partial charge on any atom is 0.128 e. The van der Waals surface area contributed by atoms with Gasteiger partial charge in [-0.2, -0.15) is 0 Å². The molecule has 0 aromatic rings. The molecule has 70 valence electrons. The van der Waals surface area contributed by atoms with E-state index < -0.39 is 0 Å². The van der Waals surface area contributed by atoms with Gasteiger partial charge in [-0.3, -0.25) is 0 Å². The fraction of sp³-hybridized carbons (Fsp3) is 0.778. The molecule has 0 saturated carbocycles. The Bertz CT molecular complexity index is 170. The molecule has 0 radical (unpaired) electrons. The third-order valence-corrected chi connectivity index (χ3v) is 2.32. The van der Waals surface area contributed by atoms with Crippen molar-refractivity contribution >= 4 is 0 Å². The van der Waals surface area contributed by atoms with E-state index in [1.807, 2.05) is 6.92 Å². The Balaban J connectivity index is 2.48. The minimum absolute atomic E-state index is 0.172. The SMILES string of the molecule is CCOC(C)N1C=CN(C)C1C. The Morgan fingerprint density at radius 2 is 2.17 bits per heavy atom. The molecule has 1 aliphatic heterocycles. The van der Waals surface area contributed by atoms with E-state index in [0.29, 0.717) is 6.17 Å². The highest BCUT2D eigenvalue weighted by atomic mass is 16.5. The van der Waals surface area contributed by atoms with E-state index in [2.05, 4.69) is 43.1 Å². The molecule has 0 aromatic carbocycles. The molecule has 0 aromatic heterocycles. The van der Waals surface area contributed by atoms with E-state index in [0.717, 1.165) is 6.61 Å². The minimum Gasteiger partial charge on any atom is -0.359 e. The highest BCUT2D eigenvalue weighted by Gasteiger charge is 2.22. The molecule has 1 heterocycles. The highest BCUT2D eigenvalue weighted by molar-refractivity contribution is 4.94. The summed E-state index contributed by atoms with van der Waals surface area (Å²) >= 11 is 0. The van der Waals surface area contributed by atoms with Crippen molar-refractivity contribution in [1.82, 2.24) is 9.80 Å². The van der Waals surface area contributed by atoms with Crippen LogP contribution in [-0.2, 0) is 4.74 Å². The van der Waals surface area contributed by atoms with Crippen LogP contribution in [-0.4, -0.2) is 35.8 Å². The number of ether oxygens (including phenoxy) is 1. The number of hydrogen-bond acceptors (Lipinski definition) is 3. The predicted molar refractivity (Wildman–Crippen MR) is 49.3 cm³/mol. The van der Waals surface area contributed by atoms with Gasteiger partial charge < -0.3 is 14.5 Å². The lowest BCUT2D eigenvalue weighted by Crippen LogP contribution is -2.40. The van der Waals surface area contributed by atoms with Gasteiger partial charge in [0.1, 0.15) is 6.23 Å². The van der Waals surface area contributed by atoms with Crippen LogP contribution in [0.5, 0.6) is 0 Å². The Labute approximate surface area is 74.6 Å². The minimum atomic E-state index is 0.172. The molecular formula is C9H18N2O. The Morgan fingerprint density at radius 1 is 1.50 bits per heavy atom. The van der Waals surface area contributed by atoms with Gasteiger partial charge in [-0.25, -0.2) is 0 Å². The summed E-state index contributed by atoms with van der Waals surface area (Å²) in [4.78, 5) is 4.36. The van der Waals surface area contributed by atoms with Crippen molar-refractivity contribution < 1.29 is 4.74 Å². The first-order chi connectivity index (χ1) is 5.66. The van der Waals surface area contributed by atoms with E-state index >= 15 is 0 Å². The zero-order valence-electron chi connectivity index (χ0n) is 8.32. The third kappa shape index (κ3) is 1.72. The van der Waals surface area contributed by atoms with Crippen LogP contribution in [0.15, 0.2) is 12.4 Å². The first kappa shape index (κ1) is 9.39. The molecule has 1 rings (SSSR count). The van der Waals surface area contributed by atoms with E-state index in [1.165, 1.54) is 0 Å². The summed E-state index contributed by atoms with van der Waals surface area (Å²) in [7, 11) is 2.07. The summed E-state index contributed by atoms with van der Waals surface area (Å²) in [6, 6.07) is 0. The van der Waals surface area contributed by atoms with Gasteiger partial charge >= 0.3 is 0 Å². The standard InChI is InChI=1S/C9H18N2O/c1-5-12-9(3)11-7-6-10(4)8(11)2/h6-9H,5H2,1-4H3. The van der Waals surface area contributed by atoms with Crippen molar-refractivity contribution in [1.29, 1.82) is 0 Å². The zero-order valence-corrected chi connectivity index (χ0v) is 8.32. The molecular weight excluding hydrogens is 152 g/mol. The van der Waals surface area contributed by atoms with E-state index in [-0.39, 0.29) is 6.23 Å². The van der Waals surface area contributed by atoms with Gasteiger partial charge in [0.2, 0.25) is 0 Å². The Morgan fingerprint density at radius 3 is 2.58 bits per heavy atom. The molecule has 1 aliphatic rings. The molecule has 0 amide bonds. The van der Waals surface area contributed by atoms with Crippen LogP contribution in [0.25, 0.3) is 0 Å². The van der Waals surface area contributed by atoms with Gasteiger partial charge in [0, 0.05) is 26.1 Å². The predicted octanol–water partition coefficient (Wildman–Crippen LogP) is 1.43. The van der Waals surface area contributed by atoms with Gasteiger partial charge in [-0.05, 0) is 20.8 Å². The number of nitrogens with zero attached hydrogens (tertiary/aromatic N) is 2. The Hall–Kier alpha value is -0.700. The summed E-state index contributed by atoms with van der Waals surface area (Å²) in [5.41, 5.74) is 0. The van der Waals surface area contributed by atoms with Crippen LogP contribution in [0.4, 0.5) is 0 Å². The lowest BCUT2D eigenvalue weighted by Gasteiger charge is -2.31. The van der Waals surface area contributed by atoms with Gasteiger partial charge in [0.15, 0.2) is 0 Å². The van der Waals surface area contributed by atoms with Crippen LogP contribution in [0.1, 0.15) is 20.8 Å². The summed E-state index contributed by atoms with van der Waals surface area (Å²) < 4.78 is 5.49. The van der Waals surface area contributed by atoms with Crippen LogP contribution in [0.2, 0.25) is 0 Å². The monoisotopic (exact) mass is 170 g/mol. The lowest BCUT2D eigenvalue weighted by atomic mass is 10.4. The van der Waals surface area contributed by atoms with Gasteiger partial charge in [0.25, 0.3) is 0 Å². The fourth-order valence-electron chi connectivity index (χ4n) is 1.39. The maximum absolute atomic E-state index is 5.49. The van der Waals surface area contributed by atoms with Crippen molar-refractivity contribution in [2.24, 2.45) is 0 Å². The summed E-state index contributed by atoms with van der Waals surface area (Å²) in [5, 5.41) is 0. The zero-order chi connectivity index (χ0) is 9.14. The van der Waals surface area contributed by atoms with Crippen LogP contribution in [0.3, 0.4) is 0 Å². The van der Waals surface area contributed by atoms with Crippen LogP contribution < -0.4 is 0 Å². The molecule has 3 nitrogen and oxygen atoms in total. The molecule has 0 saturated heterocycles. The third-order valence-electron chi connectivity index (χ3n) is 2.32. The van der Waals surface area contributed by atoms with Crippen molar-refractivity contribution in [3.8, 4) is 0 Å². The molecule has 0 aliphatic carbocycles. The average Bonchev–Trinajstić information content (AvgIpc) is 2.34. The first-order valence-corrected chi connectivity index (χ1v) is 4.46. The quantitative estimate of drug-likeness (QED) is 0.637. The normalized spacial score (nSPS) is 25.2. The molecule has 3 heteroatoms. The average molecular weight is 170 g/mol. The molecule has 2 atom stereocenters. The van der Waals surface area contributed by atoms with Gasteiger partial charge in [-0.15, -0.1) is 0 Å². The van der Waals surface area contributed by atoms with E-state index in [9.17, 15) is 0 Å². The Kier molecular flexibility index (Phi) is 2.98. The molecule has 0 fully saturated rings. The maximum atomic E-state index is 5.49. The second-order valence-electron chi connectivity index (χ2n) is 3.10. The van der Waals surface area contributed by atoms with Crippen molar-refractivity contribution in [3.05, 3.63) is 12.4 Å².